The highest BCUT2D eigenvalue weighted by atomic mass is 16.1. The minimum atomic E-state index is 0. The number of likely N-dealkylation sites (N-methyl/N-ethyl adjacent to an activating group) is 2. The molecule has 0 bridgehead atoms. The van der Waals surface area contributed by atoms with E-state index in [0.29, 0.717) is 12.6 Å². The van der Waals surface area contributed by atoms with Gasteiger partial charge in [0, 0.05) is 14.5 Å². The fourth-order valence-electron chi connectivity index (χ4n) is 0.923. The van der Waals surface area contributed by atoms with E-state index in [2.05, 4.69) is 31.0 Å². The molecule has 0 aromatic rings. The molecule has 0 saturated heterocycles. The van der Waals surface area contributed by atoms with E-state index in [1.165, 1.54) is 0 Å². The van der Waals surface area contributed by atoms with Gasteiger partial charge < -0.3 is 5.32 Å². The molecule has 0 aliphatic rings. The Morgan fingerprint density at radius 2 is 2.18 bits per heavy atom. The fourth-order valence-corrected chi connectivity index (χ4v) is 0.923. The first kappa shape index (κ1) is 10.4. The topological polar surface area (TPSA) is 32.3 Å². The summed E-state index contributed by atoms with van der Waals surface area (Å²) in [6, 6.07) is 0.442. The molecule has 0 saturated carbocycles. The maximum Gasteiger partial charge on any atom is 0.233 e. The van der Waals surface area contributed by atoms with Crippen molar-refractivity contribution in [2.75, 3.05) is 20.1 Å². The summed E-state index contributed by atoms with van der Waals surface area (Å²) in [6.45, 7) is 7.66. The average Bonchev–Trinajstić information content (AvgIpc) is 1.99. The van der Waals surface area contributed by atoms with Crippen LogP contribution in [0.2, 0.25) is 0 Å². The molecule has 0 aliphatic heterocycles. The van der Waals surface area contributed by atoms with Gasteiger partial charge in [-0.05, 0) is 20.4 Å². The highest BCUT2D eigenvalue weighted by Crippen LogP contribution is 1.95. The molecule has 0 spiro atoms. The molecule has 0 radical (unpaired) electrons. The largest absolute Gasteiger partial charge is 0.358 e. The van der Waals surface area contributed by atoms with Crippen molar-refractivity contribution in [2.45, 2.75) is 26.8 Å². The molecule has 1 amide bonds. The summed E-state index contributed by atoms with van der Waals surface area (Å²) < 4.78 is 0. The molecule has 0 rings (SSSR count). The Hall–Kier alpha value is -0.570. The molecule has 11 heavy (non-hydrogen) atoms. The van der Waals surface area contributed by atoms with Crippen LogP contribution < -0.4 is 5.32 Å². The Morgan fingerprint density at radius 3 is 2.45 bits per heavy atom. The second kappa shape index (κ2) is 5.13. The lowest BCUT2D eigenvalue weighted by Gasteiger charge is -2.23. The van der Waals surface area contributed by atoms with Crippen LogP contribution in [-0.4, -0.2) is 37.0 Å². The zero-order valence-electron chi connectivity index (χ0n) is 7.85. The van der Waals surface area contributed by atoms with Crippen LogP contribution in [0.5, 0.6) is 0 Å². The SMILES string of the molecule is CCN(CC(=O)NC)C(C)C.[HH]. The molecule has 0 atom stereocenters. The molecule has 0 unspecified atom stereocenters. The molecule has 1 N–H and O–H groups in total. The molecule has 3 nitrogen and oxygen atoms in total. The molecule has 0 aromatic carbocycles. The number of nitrogens with one attached hydrogen (secondary N) is 1. The van der Waals surface area contributed by atoms with Gasteiger partial charge in [-0.2, -0.15) is 0 Å². The Labute approximate surface area is 70.2 Å². The van der Waals surface area contributed by atoms with Crippen LogP contribution in [0, 0.1) is 0 Å². The first-order valence-electron chi connectivity index (χ1n) is 4.06. The Morgan fingerprint density at radius 1 is 1.64 bits per heavy atom. The number of hydrogen-bond donors (Lipinski definition) is 1. The van der Waals surface area contributed by atoms with Gasteiger partial charge in [-0.15, -0.1) is 0 Å². The fraction of sp³-hybridized carbons (Fsp3) is 0.875. The minimum absolute atomic E-state index is 0. The third-order valence-corrected chi connectivity index (χ3v) is 1.76. The Balaban J connectivity index is 0. The zero-order valence-corrected chi connectivity index (χ0v) is 7.85. The highest BCUT2D eigenvalue weighted by molar-refractivity contribution is 5.77. The van der Waals surface area contributed by atoms with Crippen LogP contribution in [0.1, 0.15) is 22.2 Å². The van der Waals surface area contributed by atoms with E-state index in [4.69, 9.17) is 0 Å². The van der Waals surface area contributed by atoms with Crippen molar-refractivity contribution in [3.63, 3.8) is 0 Å². The number of rotatable bonds is 4. The summed E-state index contributed by atoms with van der Waals surface area (Å²) >= 11 is 0. The predicted octanol–water partition coefficient (Wildman–Crippen LogP) is 0.709. The normalized spacial score (nSPS) is 10.7. The van der Waals surface area contributed by atoms with Gasteiger partial charge in [0.1, 0.15) is 0 Å². The van der Waals surface area contributed by atoms with E-state index in [9.17, 15) is 4.79 Å². The van der Waals surface area contributed by atoms with Gasteiger partial charge in [0.05, 0.1) is 6.54 Å². The standard InChI is InChI=1S/C8H18N2O.H2/c1-5-10(7(2)3)6-8(11)9-4;/h7H,5-6H2,1-4H3,(H,9,11);1H. The zero-order chi connectivity index (χ0) is 8.85. The summed E-state index contributed by atoms with van der Waals surface area (Å²) in [5.41, 5.74) is 0. The van der Waals surface area contributed by atoms with Gasteiger partial charge in [-0.25, -0.2) is 0 Å². The maximum atomic E-state index is 10.9. The van der Waals surface area contributed by atoms with Gasteiger partial charge in [-0.1, -0.05) is 6.92 Å². The lowest BCUT2D eigenvalue weighted by atomic mass is 10.3. The van der Waals surface area contributed by atoms with Crippen LogP contribution in [0.3, 0.4) is 0 Å². The number of carbonyl (C=O) groups is 1. The van der Waals surface area contributed by atoms with Gasteiger partial charge in [0.15, 0.2) is 0 Å². The minimum Gasteiger partial charge on any atom is -0.358 e. The molecule has 3 heteroatoms. The third kappa shape index (κ3) is 3.98. The quantitative estimate of drug-likeness (QED) is 0.657. The van der Waals surface area contributed by atoms with E-state index >= 15 is 0 Å². The molecule has 68 valence electrons. The van der Waals surface area contributed by atoms with Crippen LogP contribution >= 0.6 is 0 Å². The number of carbonyl (C=O) groups excluding carboxylic acids is 1. The summed E-state index contributed by atoms with van der Waals surface area (Å²) in [5.74, 6) is 0.0838. The first-order chi connectivity index (χ1) is 5.11. The second-order valence-electron chi connectivity index (χ2n) is 2.83. The summed E-state index contributed by atoms with van der Waals surface area (Å²) in [7, 11) is 1.66. The van der Waals surface area contributed by atoms with Gasteiger partial charge in [-0.3, -0.25) is 9.69 Å². The van der Waals surface area contributed by atoms with Gasteiger partial charge in [0.25, 0.3) is 0 Å². The molecule has 0 fully saturated rings. The number of amides is 1. The summed E-state index contributed by atoms with van der Waals surface area (Å²) in [5, 5.41) is 2.60. The lowest BCUT2D eigenvalue weighted by Crippen LogP contribution is -2.39. The van der Waals surface area contributed by atoms with Crippen molar-refractivity contribution in [1.82, 2.24) is 10.2 Å². The Bertz CT molecular complexity index is 128. The van der Waals surface area contributed by atoms with Crippen molar-refractivity contribution in [3.05, 3.63) is 0 Å². The maximum absolute atomic E-state index is 10.9. The van der Waals surface area contributed by atoms with E-state index in [1.807, 2.05) is 0 Å². The van der Waals surface area contributed by atoms with E-state index < -0.39 is 0 Å². The second-order valence-corrected chi connectivity index (χ2v) is 2.83. The van der Waals surface area contributed by atoms with E-state index in [1.54, 1.807) is 7.05 Å². The smallest absolute Gasteiger partial charge is 0.233 e. The van der Waals surface area contributed by atoms with E-state index in [0.717, 1.165) is 6.54 Å². The van der Waals surface area contributed by atoms with Crippen LogP contribution in [0.4, 0.5) is 0 Å². The summed E-state index contributed by atoms with van der Waals surface area (Å²) in [6.07, 6.45) is 0. The monoisotopic (exact) mass is 160 g/mol. The summed E-state index contributed by atoms with van der Waals surface area (Å²) in [4.78, 5) is 13.0. The van der Waals surface area contributed by atoms with Crippen molar-refractivity contribution >= 4 is 5.91 Å². The molecule has 0 aromatic heterocycles. The number of nitrogens with zero attached hydrogens (tertiary/aromatic N) is 1. The van der Waals surface area contributed by atoms with E-state index in [-0.39, 0.29) is 7.33 Å². The van der Waals surface area contributed by atoms with Gasteiger partial charge >= 0.3 is 0 Å². The van der Waals surface area contributed by atoms with Crippen LogP contribution in [0.25, 0.3) is 0 Å². The number of hydrogen-bond acceptors (Lipinski definition) is 2. The Kier molecular flexibility index (Phi) is 4.86. The van der Waals surface area contributed by atoms with Crippen molar-refractivity contribution in [3.8, 4) is 0 Å². The highest BCUT2D eigenvalue weighted by Gasteiger charge is 2.09. The van der Waals surface area contributed by atoms with Crippen LogP contribution in [0.15, 0.2) is 0 Å². The molecular formula is C8H20N2O. The molecule has 0 aliphatic carbocycles. The lowest BCUT2D eigenvalue weighted by molar-refractivity contribution is -0.122. The van der Waals surface area contributed by atoms with Crippen LogP contribution in [-0.2, 0) is 4.79 Å². The van der Waals surface area contributed by atoms with Crippen molar-refractivity contribution in [2.24, 2.45) is 0 Å². The average molecular weight is 160 g/mol. The van der Waals surface area contributed by atoms with Crippen molar-refractivity contribution < 1.29 is 6.22 Å². The van der Waals surface area contributed by atoms with Crippen molar-refractivity contribution in [1.29, 1.82) is 0 Å². The first-order valence-corrected chi connectivity index (χ1v) is 4.06. The molecule has 0 heterocycles. The molecular weight excluding hydrogens is 140 g/mol. The third-order valence-electron chi connectivity index (χ3n) is 1.76. The van der Waals surface area contributed by atoms with Gasteiger partial charge in [0.2, 0.25) is 5.91 Å². The predicted molar refractivity (Wildman–Crippen MR) is 48.6 cm³/mol.